The number of hydrogen-bond acceptors (Lipinski definition) is 1. The Morgan fingerprint density at radius 2 is 2.00 bits per heavy atom. The van der Waals surface area contributed by atoms with E-state index in [1.165, 1.54) is 6.92 Å². The third kappa shape index (κ3) is 3.14. The lowest BCUT2D eigenvalue weighted by Gasteiger charge is -1.97. The molecule has 0 unspecified atom stereocenters. The first-order valence-corrected chi connectivity index (χ1v) is 3.97. The zero-order valence-corrected chi connectivity index (χ0v) is 7.16. The summed E-state index contributed by atoms with van der Waals surface area (Å²) in [5.41, 5.74) is 0. The third-order valence-electron chi connectivity index (χ3n) is 1.52. The Bertz CT molecular complexity index is 246. The molecule has 0 atom stereocenters. The van der Waals surface area contributed by atoms with Gasteiger partial charge in [0.25, 0.3) is 0 Å². The van der Waals surface area contributed by atoms with Gasteiger partial charge in [-0.15, -0.1) is 0 Å². The summed E-state index contributed by atoms with van der Waals surface area (Å²) >= 11 is 0. The maximum absolute atomic E-state index is 10.5. The SMILES string of the molecule is CC(=O)NCC[n+]1ccccc1. The quantitative estimate of drug-likeness (QED) is 0.634. The molecule has 0 bridgehead atoms. The predicted octanol–water partition coefficient (Wildman–Crippen LogP) is 0.110. The van der Waals surface area contributed by atoms with Crippen molar-refractivity contribution in [3.63, 3.8) is 0 Å². The lowest BCUT2D eigenvalue weighted by molar-refractivity contribution is -0.694. The second-order valence-corrected chi connectivity index (χ2v) is 2.60. The maximum atomic E-state index is 10.5. The molecule has 3 nitrogen and oxygen atoms in total. The smallest absolute Gasteiger partial charge is 0.217 e. The van der Waals surface area contributed by atoms with Crippen LogP contribution >= 0.6 is 0 Å². The molecular weight excluding hydrogens is 152 g/mol. The number of hydrogen-bond donors (Lipinski definition) is 1. The van der Waals surface area contributed by atoms with E-state index in [2.05, 4.69) is 5.32 Å². The van der Waals surface area contributed by atoms with Crippen LogP contribution in [0.4, 0.5) is 0 Å². The van der Waals surface area contributed by atoms with Crippen LogP contribution in [-0.2, 0) is 11.3 Å². The largest absolute Gasteiger partial charge is 0.350 e. The molecular formula is C9H13N2O+. The van der Waals surface area contributed by atoms with Gasteiger partial charge in [0.15, 0.2) is 18.9 Å². The maximum Gasteiger partial charge on any atom is 0.217 e. The number of nitrogens with zero attached hydrogens (tertiary/aromatic N) is 1. The van der Waals surface area contributed by atoms with Crippen molar-refractivity contribution >= 4 is 5.91 Å². The van der Waals surface area contributed by atoms with E-state index < -0.39 is 0 Å². The molecule has 0 saturated carbocycles. The van der Waals surface area contributed by atoms with Crippen molar-refractivity contribution in [3.8, 4) is 0 Å². The second kappa shape index (κ2) is 4.49. The first kappa shape index (κ1) is 8.71. The molecule has 0 spiro atoms. The van der Waals surface area contributed by atoms with E-state index in [4.69, 9.17) is 0 Å². The van der Waals surface area contributed by atoms with Gasteiger partial charge in [0.05, 0.1) is 6.54 Å². The molecule has 1 N–H and O–H groups in total. The molecule has 1 amide bonds. The minimum atomic E-state index is 0.0199. The summed E-state index contributed by atoms with van der Waals surface area (Å²) in [5, 5.41) is 2.73. The van der Waals surface area contributed by atoms with E-state index >= 15 is 0 Å². The molecule has 0 aliphatic rings. The summed E-state index contributed by atoms with van der Waals surface area (Å²) in [4.78, 5) is 10.5. The zero-order chi connectivity index (χ0) is 8.81. The van der Waals surface area contributed by atoms with Gasteiger partial charge in [-0.3, -0.25) is 4.79 Å². The number of pyridine rings is 1. The van der Waals surface area contributed by atoms with Gasteiger partial charge in [-0.1, -0.05) is 6.07 Å². The number of carbonyl (C=O) groups excluding carboxylic acids is 1. The van der Waals surface area contributed by atoms with Gasteiger partial charge in [0.1, 0.15) is 0 Å². The van der Waals surface area contributed by atoms with Gasteiger partial charge in [0, 0.05) is 19.1 Å². The van der Waals surface area contributed by atoms with E-state index in [-0.39, 0.29) is 5.91 Å². The van der Waals surface area contributed by atoms with Crippen molar-refractivity contribution in [1.29, 1.82) is 0 Å². The van der Waals surface area contributed by atoms with Crippen LogP contribution in [0.15, 0.2) is 30.6 Å². The highest BCUT2D eigenvalue weighted by Gasteiger charge is 1.96. The number of amides is 1. The van der Waals surface area contributed by atoms with Gasteiger partial charge < -0.3 is 5.32 Å². The van der Waals surface area contributed by atoms with E-state index in [0.717, 1.165) is 6.54 Å². The second-order valence-electron chi connectivity index (χ2n) is 2.60. The van der Waals surface area contributed by atoms with Crippen LogP contribution in [-0.4, -0.2) is 12.5 Å². The molecule has 0 aliphatic heterocycles. The van der Waals surface area contributed by atoms with Crippen LogP contribution < -0.4 is 9.88 Å². The number of aromatic nitrogens is 1. The molecule has 1 aromatic rings. The normalized spacial score (nSPS) is 9.42. The van der Waals surface area contributed by atoms with Crippen LogP contribution in [0.2, 0.25) is 0 Å². The van der Waals surface area contributed by atoms with Gasteiger partial charge in [-0.25, -0.2) is 4.57 Å². The Morgan fingerprint density at radius 3 is 2.58 bits per heavy atom. The van der Waals surface area contributed by atoms with Crippen LogP contribution in [0.5, 0.6) is 0 Å². The Labute approximate surface area is 72.0 Å². The fourth-order valence-corrected chi connectivity index (χ4v) is 0.944. The number of nitrogens with one attached hydrogen (secondary N) is 1. The summed E-state index contributed by atoms with van der Waals surface area (Å²) in [6.07, 6.45) is 3.95. The summed E-state index contributed by atoms with van der Waals surface area (Å²) in [5.74, 6) is 0.0199. The summed E-state index contributed by atoms with van der Waals surface area (Å²) in [6, 6.07) is 5.90. The molecule has 1 aromatic heterocycles. The van der Waals surface area contributed by atoms with Crippen LogP contribution in [0.1, 0.15) is 6.92 Å². The Hall–Kier alpha value is -1.38. The molecule has 3 heteroatoms. The Morgan fingerprint density at radius 1 is 1.33 bits per heavy atom. The Balaban J connectivity index is 2.29. The van der Waals surface area contributed by atoms with E-state index in [0.29, 0.717) is 6.54 Å². The predicted molar refractivity (Wildman–Crippen MR) is 45.3 cm³/mol. The van der Waals surface area contributed by atoms with Crippen molar-refractivity contribution < 1.29 is 9.36 Å². The van der Waals surface area contributed by atoms with Crippen LogP contribution in [0.3, 0.4) is 0 Å². The van der Waals surface area contributed by atoms with Gasteiger partial charge >= 0.3 is 0 Å². The van der Waals surface area contributed by atoms with Crippen LogP contribution in [0, 0.1) is 0 Å². The summed E-state index contributed by atoms with van der Waals surface area (Å²) in [6.45, 7) is 3.03. The molecule has 12 heavy (non-hydrogen) atoms. The minimum Gasteiger partial charge on any atom is -0.350 e. The van der Waals surface area contributed by atoms with Gasteiger partial charge in [0.2, 0.25) is 5.91 Å². The first-order chi connectivity index (χ1) is 5.79. The average molecular weight is 165 g/mol. The fourth-order valence-electron chi connectivity index (χ4n) is 0.944. The van der Waals surface area contributed by atoms with Crippen LogP contribution in [0.25, 0.3) is 0 Å². The van der Waals surface area contributed by atoms with Crippen molar-refractivity contribution in [2.75, 3.05) is 6.54 Å². The summed E-state index contributed by atoms with van der Waals surface area (Å²) < 4.78 is 2.02. The van der Waals surface area contributed by atoms with E-state index in [1.807, 2.05) is 35.2 Å². The fraction of sp³-hybridized carbons (Fsp3) is 0.333. The number of rotatable bonds is 3. The lowest BCUT2D eigenvalue weighted by atomic mass is 10.4. The monoisotopic (exact) mass is 165 g/mol. The highest BCUT2D eigenvalue weighted by atomic mass is 16.1. The third-order valence-corrected chi connectivity index (χ3v) is 1.52. The van der Waals surface area contributed by atoms with E-state index in [1.54, 1.807) is 0 Å². The molecule has 0 radical (unpaired) electrons. The van der Waals surface area contributed by atoms with Crippen molar-refractivity contribution in [1.82, 2.24) is 5.32 Å². The standard InChI is InChI=1S/C9H12N2O/c1-9(12)10-5-8-11-6-3-2-4-7-11/h2-4,6-7H,5,8H2,1H3/p+1. The average Bonchev–Trinajstić information content (AvgIpc) is 2.05. The molecule has 0 saturated heterocycles. The summed E-state index contributed by atoms with van der Waals surface area (Å²) in [7, 11) is 0. The molecule has 0 aromatic carbocycles. The highest BCUT2D eigenvalue weighted by molar-refractivity contribution is 5.72. The minimum absolute atomic E-state index is 0.0199. The lowest BCUT2D eigenvalue weighted by Crippen LogP contribution is -2.39. The van der Waals surface area contributed by atoms with Gasteiger partial charge in [-0.2, -0.15) is 0 Å². The molecule has 64 valence electrons. The van der Waals surface area contributed by atoms with Crippen molar-refractivity contribution in [3.05, 3.63) is 30.6 Å². The van der Waals surface area contributed by atoms with Gasteiger partial charge in [-0.05, 0) is 0 Å². The molecule has 0 aliphatic carbocycles. The first-order valence-electron chi connectivity index (χ1n) is 3.97. The van der Waals surface area contributed by atoms with Crippen molar-refractivity contribution in [2.24, 2.45) is 0 Å². The topological polar surface area (TPSA) is 33.0 Å². The highest BCUT2D eigenvalue weighted by Crippen LogP contribution is 1.75. The van der Waals surface area contributed by atoms with E-state index in [9.17, 15) is 4.79 Å². The zero-order valence-electron chi connectivity index (χ0n) is 7.16. The Kier molecular flexibility index (Phi) is 3.26. The molecule has 0 fully saturated rings. The number of carbonyl (C=O) groups is 1. The van der Waals surface area contributed by atoms with Crippen molar-refractivity contribution in [2.45, 2.75) is 13.5 Å². The molecule has 1 heterocycles. The molecule has 1 rings (SSSR count).